The summed E-state index contributed by atoms with van der Waals surface area (Å²) in [6, 6.07) is 1.79. The van der Waals surface area contributed by atoms with E-state index in [-0.39, 0.29) is 5.41 Å². The summed E-state index contributed by atoms with van der Waals surface area (Å²) in [6.45, 7) is 8.62. The maximum atomic E-state index is 5.64. The lowest BCUT2D eigenvalue weighted by molar-refractivity contribution is 0.0794. The molecular formula is C15H27N3O3. The minimum absolute atomic E-state index is 0.123. The number of hydrogen-bond acceptors (Lipinski definition) is 6. The number of rotatable bonds is 9. The van der Waals surface area contributed by atoms with Crippen molar-refractivity contribution >= 4 is 5.82 Å². The van der Waals surface area contributed by atoms with E-state index in [0.717, 1.165) is 18.1 Å². The van der Waals surface area contributed by atoms with Crippen LogP contribution in [-0.4, -0.2) is 50.6 Å². The minimum Gasteiger partial charge on any atom is -0.475 e. The molecule has 6 heteroatoms. The first kappa shape index (κ1) is 17.7. The Bertz CT molecular complexity index is 419. The molecule has 0 aromatic carbocycles. The van der Waals surface area contributed by atoms with Crippen LogP contribution < -0.4 is 10.1 Å². The van der Waals surface area contributed by atoms with Crippen molar-refractivity contribution in [2.24, 2.45) is 0 Å². The van der Waals surface area contributed by atoms with Gasteiger partial charge in [0.2, 0.25) is 5.88 Å². The summed E-state index contributed by atoms with van der Waals surface area (Å²) in [7, 11) is 3.52. The lowest BCUT2D eigenvalue weighted by atomic mass is 9.96. The molecule has 1 heterocycles. The normalized spacial score (nSPS) is 11.5. The zero-order valence-corrected chi connectivity index (χ0v) is 13.7. The summed E-state index contributed by atoms with van der Waals surface area (Å²) in [4.78, 5) is 8.90. The van der Waals surface area contributed by atoms with E-state index in [0.29, 0.717) is 32.3 Å². The van der Waals surface area contributed by atoms with E-state index in [1.807, 2.05) is 7.05 Å². The standard InChI is InChI=1S/C15H27N3O3/c1-15(2,3)14-17-12(16-4)11-13(18-14)21-10-9-20-8-6-7-19-5/h11H,6-10H2,1-5H3,(H,16,17,18). The largest absolute Gasteiger partial charge is 0.475 e. The van der Waals surface area contributed by atoms with Crippen LogP contribution in [0.15, 0.2) is 6.07 Å². The third kappa shape index (κ3) is 6.73. The average Bonchev–Trinajstić information content (AvgIpc) is 2.45. The molecule has 1 N–H and O–H groups in total. The van der Waals surface area contributed by atoms with Crippen molar-refractivity contribution in [3.8, 4) is 5.88 Å². The second-order valence-corrected chi connectivity index (χ2v) is 5.72. The highest BCUT2D eigenvalue weighted by molar-refractivity contribution is 5.38. The molecule has 0 unspecified atom stereocenters. The van der Waals surface area contributed by atoms with Gasteiger partial charge in [0.25, 0.3) is 0 Å². The molecule has 0 saturated heterocycles. The van der Waals surface area contributed by atoms with E-state index in [9.17, 15) is 0 Å². The zero-order valence-electron chi connectivity index (χ0n) is 13.7. The second kappa shape index (κ2) is 8.79. The Balaban J connectivity index is 2.47. The Morgan fingerprint density at radius 2 is 1.86 bits per heavy atom. The van der Waals surface area contributed by atoms with Crippen molar-refractivity contribution < 1.29 is 14.2 Å². The molecule has 1 aromatic rings. The van der Waals surface area contributed by atoms with E-state index < -0.39 is 0 Å². The van der Waals surface area contributed by atoms with Gasteiger partial charge in [-0.05, 0) is 6.42 Å². The number of nitrogens with zero attached hydrogens (tertiary/aromatic N) is 2. The van der Waals surface area contributed by atoms with Gasteiger partial charge in [-0.25, -0.2) is 4.98 Å². The molecule has 6 nitrogen and oxygen atoms in total. The van der Waals surface area contributed by atoms with Crippen LogP contribution in [0.2, 0.25) is 0 Å². The molecule has 120 valence electrons. The quantitative estimate of drug-likeness (QED) is 0.705. The van der Waals surface area contributed by atoms with Crippen LogP contribution in [0.1, 0.15) is 33.0 Å². The van der Waals surface area contributed by atoms with Crippen LogP contribution in [0, 0.1) is 0 Å². The molecular weight excluding hydrogens is 270 g/mol. The topological polar surface area (TPSA) is 65.5 Å². The number of methoxy groups -OCH3 is 1. The molecule has 0 aliphatic carbocycles. The van der Waals surface area contributed by atoms with Crippen LogP contribution in [0.5, 0.6) is 5.88 Å². The van der Waals surface area contributed by atoms with Gasteiger partial charge in [0, 0.05) is 38.9 Å². The highest BCUT2D eigenvalue weighted by Gasteiger charge is 2.19. The van der Waals surface area contributed by atoms with E-state index in [2.05, 4.69) is 36.1 Å². The molecule has 0 aliphatic rings. The molecule has 0 fully saturated rings. The van der Waals surface area contributed by atoms with Crippen molar-refractivity contribution in [3.63, 3.8) is 0 Å². The number of hydrogen-bond donors (Lipinski definition) is 1. The second-order valence-electron chi connectivity index (χ2n) is 5.72. The van der Waals surface area contributed by atoms with Gasteiger partial charge in [0.05, 0.1) is 6.61 Å². The van der Waals surface area contributed by atoms with Gasteiger partial charge >= 0.3 is 0 Å². The van der Waals surface area contributed by atoms with Gasteiger partial charge < -0.3 is 19.5 Å². The predicted molar refractivity (Wildman–Crippen MR) is 83.1 cm³/mol. The zero-order chi connectivity index (χ0) is 15.7. The van der Waals surface area contributed by atoms with E-state index in [1.54, 1.807) is 13.2 Å². The van der Waals surface area contributed by atoms with Crippen molar-refractivity contribution in [2.45, 2.75) is 32.6 Å². The molecule has 0 bridgehead atoms. The fourth-order valence-corrected chi connectivity index (χ4v) is 1.57. The van der Waals surface area contributed by atoms with Crippen LogP contribution in [0.4, 0.5) is 5.82 Å². The predicted octanol–water partition coefficient (Wildman–Crippen LogP) is 2.25. The summed E-state index contributed by atoms with van der Waals surface area (Å²) >= 11 is 0. The van der Waals surface area contributed by atoms with Gasteiger partial charge in [-0.3, -0.25) is 0 Å². The lowest BCUT2D eigenvalue weighted by Gasteiger charge is -2.18. The maximum absolute atomic E-state index is 5.64. The van der Waals surface area contributed by atoms with Gasteiger partial charge in [-0.1, -0.05) is 20.8 Å². The lowest BCUT2D eigenvalue weighted by Crippen LogP contribution is -2.18. The Morgan fingerprint density at radius 3 is 2.48 bits per heavy atom. The molecule has 21 heavy (non-hydrogen) atoms. The van der Waals surface area contributed by atoms with Gasteiger partial charge in [-0.2, -0.15) is 4.98 Å². The first-order valence-electron chi connectivity index (χ1n) is 7.24. The van der Waals surface area contributed by atoms with Crippen molar-refractivity contribution in [1.29, 1.82) is 0 Å². The molecule has 0 amide bonds. The van der Waals surface area contributed by atoms with Crippen LogP contribution in [-0.2, 0) is 14.9 Å². The molecule has 0 aliphatic heterocycles. The third-order valence-corrected chi connectivity index (χ3v) is 2.74. The molecule has 0 saturated carbocycles. The van der Waals surface area contributed by atoms with Crippen LogP contribution in [0.3, 0.4) is 0 Å². The fourth-order valence-electron chi connectivity index (χ4n) is 1.57. The van der Waals surface area contributed by atoms with Gasteiger partial charge in [0.15, 0.2) is 0 Å². The van der Waals surface area contributed by atoms with E-state index in [1.165, 1.54) is 0 Å². The highest BCUT2D eigenvalue weighted by Crippen LogP contribution is 2.23. The summed E-state index contributed by atoms with van der Waals surface area (Å²) in [5.41, 5.74) is -0.123. The Hall–Kier alpha value is -1.40. The van der Waals surface area contributed by atoms with E-state index in [4.69, 9.17) is 14.2 Å². The molecule has 1 rings (SSSR count). The summed E-state index contributed by atoms with van der Waals surface area (Å²) in [6.07, 6.45) is 0.891. The van der Waals surface area contributed by atoms with Crippen LogP contribution in [0.25, 0.3) is 0 Å². The number of nitrogens with one attached hydrogen (secondary N) is 1. The minimum atomic E-state index is -0.123. The van der Waals surface area contributed by atoms with Gasteiger partial charge in [0.1, 0.15) is 18.2 Å². The smallest absolute Gasteiger partial charge is 0.218 e. The first-order valence-corrected chi connectivity index (χ1v) is 7.24. The van der Waals surface area contributed by atoms with Gasteiger partial charge in [-0.15, -0.1) is 0 Å². The Morgan fingerprint density at radius 1 is 1.10 bits per heavy atom. The molecule has 0 spiro atoms. The summed E-state index contributed by atoms with van der Waals surface area (Å²) < 4.78 is 16.0. The Kier molecular flexibility index (Phi) is 7.39. The van der Waals surface area contributed by atoms with Crippen molar-refractivity contribution in [1.82, 2.24) is 9.97 Å². The number of ether oxygens (including phenoxy) is 3. The number of anilines is 1. The third-order valence-electron chi connectivity index (χ3n) is 2.74. The van der Waals surface area contributed by atoms with E-state index >= 15 is 0 Å². The first-order chi connectivity index (χ1) is 9.97. The summed E-state index contributed by atoms with van der Waals surface area (Å²) in [5.74, 6) is 2.08. The monoisotopic (exact) mass is 297 g/mol. The Labute approximate surface area is 127 Å². The SMILES string of the molecule is CNc1cc(OCCOCCCOC)nc(C(C)(C)C)n1. The summed E-state index contributed by atoms with van der Waals surface area (Å²) in [5, 5.41) is 3.03. The number of aromatic nitrogens is 2. The van der Waals surface area contributed by atoms with Crippen LogP contribution >= 0.6 is 0 Å². The molecule has 1 aromatic heterocycles. The maximum Gasteiger partial charge on any atom is 0.218 e. The van der Waals surface area contributed by atoms with Crippen molar-refractivity contribution in [2.75, 3.05) is 45.9 Å². The van der Waals surface area contributed by atoms with Crippen molar-refractivity contribution in [3.05, 3.63) is 11.9 Å². The average molecular weight is 297 g/mol. The molecule has 0 radical (unpaired) electrons. The highest BCUT2D eigenvalue weighted by atomic mass is 16.5. The fraction of sp³-hybridized carbons (Fsp3) is 0.733. The molecule has 0 atom stereocenters.